The zero-order chi connectivity index (χ0) is 18.5. The number of rotatable bonds is 4. The highest BCUT2D eigenvalue weighted by molar-refractivity contribution is 7.80. The van der Waals surface area contributed by atoms with Crippen molar-refractivity contribution < 1.29 is 9.53 Å². The highest BCUT2D eigenvalue weighted by atomic mass is 35.5. The van der Waals surface area contributed by atoms with Crippen molar-refractivity contribution >= 4 is 46.2 Å². The van der Waals surface area contributed by atoms with Gasteiger partial charge in [-0.2, -0.15) is 0 Å². The minimum Gasteiger partial charge on any atom is -0.496 e. The molecule has 1 saturated heterocycles. The van der Waals surface area contributed by atoms with Gasteiger partial charge in [0.05, 0.1) is 29.1 Å². The van der Waals surface area contributed by atoms with Crippen LogP contribution in [-0.4, -0.2) is 31.2 Å². The molecule has 7 heteroatoms. The van der Waals surface area contributed by atoms with Crippen molar-refractivity contribution in [1.29, 1.82) is 0 Å². The minimum absolute atomic E-state index is 0.212. The number of carbonyl (C=O) groups excluding carboxylic acids is 1. The summed E-state index contributed by atoms with van der Waals surface area (Å²) in [4.78, 5) is 14.7. The molecule has 26 heavy (non-hydrogen) atoms. The molecule has 0 atom stereocenters. The Morgan fingerprint density at radius 1 is 1.15 bits per heavy atom. The van der Waals surface area contributed by atoms with Crippen molar-refractivity contribution in [2.45, 2.75) is 12.8 Å². The van der Waals surface area contributed by atoms with Crippen molar-refractivity contribution in [3.63, 3.8) is 0 Å². The summed E-state index contributed by atoms with van der Waals surface area (Å²) in [5.74, 6) is 0.165. The molecule has 3 rings (SSSR count). The number of benzene rings is 2. The molecule has 1 fully saturated rings. The van der Waals surface area contributed by atoms with Crippen molar-refractivity contribution in [1.82, 2.24) is 5.32 Å². The van der Waals surface area contributed by atoms with Crippen LogP contribution in [0.15, 0.2) is 42.5 Å². The van der Waals surface area contributed by atoms with E-state index in [0.717, 1.165) is 37.3 Å². The van der Waals surface area contributed by atoms with Crippen LogP contribution in [0.2, 0.25) is 5.02 Å². The summed E-state index contributed by atoms with van der Waals surface area (Å²) in [6.07, 6.45) is 2.28. The summed E-state index contributed by atoms with van der Waals surface area (Å²) in [7, 11) is 1.52. The van der Waals surface area contributed by atoms with Crippen molar-refractivity contribution in [2.24, 2.45) is 0 Å². The van der Waals surface area contributed by atoms with E-state index in [1.54, 1.807) is 24.3 Å². The number of nitrogens with one attached hydrogen (secondary N) is 2. The average molecular weight is 390 g/mol. The van der Waals surface area contributed by atoms with Crippen molar-refractivity contribution in [3.05, 3.63) is 53.1 Å². The van der Waals surface area contributed by atoms with E-state index in [1.807, 2.05) is 18.2 Å². The molecule has 2 aromatic carbocycles. The fraction of sp³-hybridized carbons (Fsp3) is 0.263. The maximum Gasteiger partial charge on any atom is 0.261 e. The Bertz CT molecular complexity index is 822. The monoisotopic (exact) mass is 389 g/mol. The van der Waals surface area contributed by atoms with Crippen LogP contribution in [0.3, 0.4) is 0 Å². The van der Waals surface area contributed by atoms with Gasteiger partial charge in [-0.05, 0) is 49.3 Å². The largest absolute Gasteiger partial charge is 0.496 e. The number of para-hydroxylation sites is 2. The molecule has 0 bridgehead atoms. The van der Waals surface area contributed by atoms with Crippen LogP contribution in [0.25, 0.3) is 0 Å². The first-order chi connectivity index (χ1) is 12.6. The molecule has 0 aromatic heterocycles. The van der Waals surface area contributed by atoms with Gasteiger partial charge in [-0.15, -0.1) is 0 Å². The molecular weight excluding hydrogens is 370 g/mol. The Labute approximate surface area is 163 Å². The smallest absolute Gasteiger partial charge is 0.261 e. The predicted octanol–water partition coefficient (Wildman–Crippen LogP) is 4.08. The van der Waals surface area contributed by atoms with Gasteiger partial charge in [0.25, 0.3) is 5.91 Å². The van der Waals surface area contributed by atoms with Crippen LogP contribution < -0.4 is 20.3 Å². The second-order valence-electron chi connectivity index (χ2n) is 5.94. The molecule has 0 spiro atoms. The third kappa shape index (κ3) is 4.08. The van der Waals surface area contributed by atoms with Crippen LogP contribution in [0.4, 0.5) is 11.4 Å². The van der Waals surface area contributed by atoms with E-state index in [0.29, 0.717) is 16.3 Å². The van der Waals surface area contributed by atoms with E-state index >= 15 is 0 Å². The number of amides is 1. The number of ether oxygens (including phenoxy) is 1. The Morgan fingerprint density at radius 3 is 2.62 bits per heavy atom. The van der Waals surface area contributed by atoms with Gasteiger partial charge in [-0.25, -0.2) is 0 Å². The molecule has 0 aliphatic carbocycles. The third-order valence-electron chi connectivity index (χ3n) is 4.24. The van der Waals surface area contributed by atoms with Crippen molar-refractivity contribution in [3.8, 4) is 5.75 Å². The first-order valence-corrected chi connectivity index (χ1v) is 9.17. The zero-order valence-electron chi connectivity index (χ0n) is 14.4. The van der Waals surface area contributed by atoms with Gasteiger partial charge >= 0.3 is 0 Å². The fourth-order valence-corrected chi connectivity index (χ4v) is 3.53. The number of hydrogen-bond acceptors (Lipinski definition) is 4. The Balaban J connectivity index is 1.74. The van der Waals surface area contributed by atoms with Crippen LogP contribution >= 0.6 is 23.8 Å². The lowest BCUT2D eigenvalue weighted by molar-refractivity contribution is 0.0975. The molecule has 1 amide bonds. The van der Waals surface area contributed by atoms with Crippen LogP contribution in [0, 0.1) is 0 Å². The molecule has 0 saturated carbocycles. The number of anilines is 2. The Hall–Kier alpha value is -2.31. The Morgan fingerprint density at radius 2 is 1.88 bits per heavy atom. The minimum atomic E-state index is -0.329. The van der Waals surface area contributed by atoms with E-state index in [4.69, 9.17) is 28.6 Å². The maximum absolute atomic E-state index is 12.5. The highest BCUT2D eigenvalue weighted by Crippen LogP contribution is 2.35. The maximum atomic E-state index is 12.5. The van der Waals surface area contributed by atoms with Crippen LogP contribution in [0.5, 0.6) is 5.75 Å². The third-order valence-corrected chi connectivity index (χ3v) is 4.75. The molecular formula is C19H20ClN3O2S. The zero-order valence-corrected chi connectivity index (χ0v) is 16.0. The number of methoxy groups -OCH3 is 1. The lowest BCUT2D eigenvalue weighted by Gasteiger charge is -2.23. The number of nitrogens with zero attached hydrogens (tertiary/aromatic N) is 1. The molecule has 1 aliphatic rings. The standard InChI is InChI=1S/C19H20ClN3O2S/c1-25-16-10-3-2-7-13(16)18(24)22-19(26)21-15-9-6-8-14(20)17(15)23-11-4-5-12-23/h2-3,6-10H,4-5,11-12H2,1H3,(H2,21,22,24,26). The molecule has 1 aliphatic heterocycles. The van der Waals surface area contributed by atoms with E-state index in [1.165, 1.54) is 7.11 Å². The molecule has 5 nitrogen and oxygen atoms in total. The summed E-state index contributed by atoms with van der Waals surface area (Å²) in [5.41, 5.74) is 2.12. The number of hydrogen-bond donors (Lipinski definition) is 2. The normalized spacial score (nSPS) is 13.4. The summed E-state index contributed by atoms with van der Waals surface area (Å²) in [6, 6.07) is 12.6. The summed E-state index contributed by atoms with van der Waals surface area (Å²) >= 11 is 11.7. The van der Waals surface area contributed by atoms with Gasteiger partial charge in [0.1, 0.15) is 5.75 Å². The number of carbonyl (C=O) groups is 1. The topological polar surface area (TPSA) is 53.6 Å². The van der Waals surface area contributed by atoms with E-state index in [2.05, 4.69) is 15.5 Å². The first kappa shape index (κ1) is 18.5. The van der Waals surface area contributed by atoms with Gasteiger partial charge in [0.15, 0.2) is 5.11 Å². The molecule has 136 valence electrons. The second-order valence-corrected chi connectivity index (χ2v) is 6.75. The van der Waals surface area contributed by atoms with Gasteiger partial charge in [-0.3, -0.25) is 10.1 Å². The lowest BCUT2D eigenvalue weighted by Crippen LogP contribution is -2.35. The molecule has 1 heterocycles. The quantitative estimate of drug-likeness (QED) is 0.772. The van der Waals surface area contributed by atoms with E-state index in [-0.39, 0.29) is 11.0 Å². The van der Waals surface area contributed by atoms with Crippen molar-refractivity contribution in [2.75, 3.05) is 30.4 Å². The molecule has 2 aromatic rings. The fourth-order valence-electron chi connectivity index (χ4n) is 3.03. The molecule has 0 radical (unpaired) electrons. The summed E-state index contributed by atoms with van der Waals surface area (Å²) in [5, 5.41) is 6.67. The van der Waals surface area contributed by atoms with Gasteiger partial charge in [0.2, 0.25) is 0 Å². The first-order valence-electron chi connectivity index (χ1n) is 8.39. The lowest BCUT2D eigenvalue weighted by atomic mass is 10.2. The van der Waals surface area contributed by atoms with Gasteiger partial charge in [0, 0.05) is 13.1 Å². The summed E-state index contributed by atoms with van der Waals surface area (Å²) in [6.45, 7) is 1.91. The predicted molar refractivity (Wildman–Crippen MR) is 110 cm³/mol. The second kappa shape index (κ2) is 8.38. The average Bonchev–Trinajstić information content (AvgIpc) is 3.15. The number of halogens is 1. The number of thiocarbonyl (C=S) groups is 1. The Kier molecular flexibility index (Phi) is 5.96. The highest BCUT2D eigenvalue weighted by Gasteiger charge is 2.20. The van der Waals surface area contributed by atoms with Gasteiger partial charge in [-0.1, -0.05) is 29.8 Å². The van der Waals surface area contributed by atoms with E-state index < -0.39 is 0 Å². The van der Waals surface area contributed by atoms with Crippen LogP contribution in [-0.2, 0) is 0 Å². The van der Waals surface area contributed by atoms with Crippen LogP contribution in [0.1, 0.15) is 23.2 Å². The molecule has 0 unspecified atom stereocenters. The van der Waals surface area contributed by atoms with E-state index in [9.17, 15) is 4.79 Å². The van der Waals surface area contributed by atoms with Gasteiger partial charge < -0.3 is 15.0 Å². The molecule has 2 N–H and O–H groups in total. The SMILES string of the molecule is COc1ccccc1C(=O)NC(=S)Nc1cccc(Cl)c1N1CCCC1. The summed E-state index contributed by atoms with van der Waals surface area (Å²) < 4.78 is 5.22.